The summed E-state index contributed by atoms with van der Waals surface area (Å²) in [6, 6.07) is 13.3. The maximum absolute atomic E-state index is 13.3. The second-order valence-corrected chi connectivity index (χ2v) is 7.69. The molecule has 0 aliphatic carbocycles. The van der Waals surface area contributed by atoms with Gasteiger partial charge >= 0.3 is 6.03 Å². The van der Waals surface area contributed by atoms with E-state index in [1.54, 1.807) is 6.08 Å². The zero-order chi connectivity index (χ0) is 24.4. The van der Waals surface area contributed by atoms with Gasteiger partial charge in [0.15, 0.2) is 0 Å². The van der Waals surface area contributed by atoms with E-state index in [1.807, 2.05) is 48.7 Å². The number of aryl methyl sites for hydroxylation is 1. The molecule has 2 aromatic carbocycles. The van der Waals surface area contributed by atoms with Gasteiger partial charge in [-0.05, 0) is 80.1 Å². The number of amides is 4. The highest BCUT2D eigenvalue weighted by Gasteiger charge is 2.37. The average molecular weight is 459 g/mol. The van der Waals surface area contributed by atoms with Crippen LogP contribution in [0.25, 0.3) is 11.8 Å². The summed E-state index contributed by atoms with van der Waals surface area (Å²) in [6.07, 6.45) is 3.13. The third-order valence-electron chi connectivity index (χ3n) is 5.42. The first kappa shape index (κ1) is 22.7. The first-order chi connectivity index (χ1) is 16.3. The van der Waals surface area contributed by atoms with E-state index in [1.165, 1.54) is 18.2 Å². The third-order valence-corrected chi connectivity index (χ3v) is 5.42. The molecule has 1 saturated heterocycles. The number of ether oxygens (including phenoxy) is 1. The summed E-state index contributed by atoms with van der Waals surface area (Å²) in [6.45, 7) is 7.82. The van der Waals surface area contributed by atoms with E-state index in [-0.39, 0.29) is 11.3 Å². The van der Waals surface area contributed by atoms with Crippen molar-refractivity contribution < 1.29 is 23.5 Å². The first-order valence-electron chi connectivity index (χ1n) is 10.5. The van der Waals surface area contributed by atoms with Crippen molar-refractivity contribution in [1.82, 2.24) is 9.88 Å². The smallest absolute Gasteiger partial charge is 0.335 e. The van der Waals surface area contributed by atoms with Crippen molar-refractivity contribution in [2.75, 3.05) is 11.5 Å². The molecular weight excluding hydrogens is 437 g/mol. The van der Waals surface area contributed by atoms with Gasteiger partial charge in [-0.3, -0.25) is 14.9 Å². The standard InChI is InChI=1S/C26H22FN3O4/c1-4-13-34-22-11-9-20(10-12-22)29-16(2)14-18(17(29)3)15-23-24(31)28-26(33)30(25(23)32)21-7-5-19(27)6-8-21/h4-12,14-15H,1,13H2,2-3H3,(H,28,31,33)/b23-15+. The minimum atomic E-state index is -0.886. The Labute approximate surface area is 195 Å². The molecular formula is C26H22FN3O4. The minimum absolute atomic E-state index is 0.159. The van der Waals surface area contributed by atoms with Gasteiger partial charge in [0, 0.05) is 17.1 Å². The predicted octanol–water partition coefficient (Wildman–Crippen LogP) is 4.46. The number of carbonyl (C=O) groups excluding carboxylic acids is 3. The number of halogens is 1. The summed E-state index contributed by atoms with van der Waals surface area (Å²) in [4.78, 5) is 38.7. The molecule has 4 rings (SSSR count). The Hall–Kier alpha value is -4.46. The van der Waals surface area contributed by atoms with Crippen LogP contribution in [0.1, 0.15) is 17.0 Å². The summed E-state index contributed by atoms with van der Waals surface area (Å²) < 4.78 is 20.8. The summed E-state index contributed by atoms with van der Waals surface area (Å²) in [7, 11) is 0. The summed E-state index contributed by atoms with van der Waals surface area (Å²) in [5.41, 5.74) is 3.18. The molecule has 0 radical (unpaired) electrons. The van der Waals surface area contributed by atoms with Crippen LogP contribution in [-0.2, 0) is 9.59 Å². The Morgan fingerprint density at radius 1 is 1.00 bits per heavy atom. The SMILES string of the molecule is C=CCOc1ccc(-n2c(C)cc(/C=C3\C(=O)NC(=O)N(c4ccc(F)cc4)C3=O)c2C)cc1. The van der Waals surface area contributed by atoms with Crippen molar-refractivity contribution in [3.05, 3.63) is 95.6 Å². The summed E-state index contributed by atoms with van der Waals surface area (Å²) >= 11 is 0. The number of hydrogen-bond donors (Lipinski definition) is 1. The number of nitrogens with one attached hydrogen (secondary N) is 1. The lowest BCUT2D eigenvalue weighted by molar-refractivity contribution is -0.122. The topological polar surface area (TPSA) is 80.6 Å². The Morgan fingerprint density at radius 3 is 2.29 bits per heavy atom. The van der Waals surface area contributed by atoms with Gasteiger partial charge in [0.25, 0.3) is 11.8 Å². The van der Waals surface area contributed by atoms with Gasteiger partial charge in [0.05, 0.1) is 5.69 Å². The molecule has 3 aromatic rings. The van der Waals surface area contributed by atoms with E-state index < -0.39 is 23.7 Å². The van der Waals surface area contributed by atoms with Gasteiger partial charge in [-0.15, -0.1) is 0 Å². The quantitative estimate of drug-likeness (QED) is 0.335. The number of nitrogens with zero attached hydrogens (tertiary/aromatic N) is 2. The number of barbiturate groups is 1. The molecule has 1 aliphatic heterocycles. The fourth-order valence-electron chi connectivity index (χ4n) is 3.82. The fourth-order valence-corrected chi connectivity index (χ4v) is 3.82. The van der Waals surface area contributed by atoms with E-state index >= 15 is 0 Å². The molecule has 0 atom stereocenters. The molecule has 2 heterocycles. The molecule has 0 spiro atoms. The number of anilines is 1. The van der Waals surface area contributed by atoms with E-state index in [2.05, 4.69) is 11.9 Å². The molecule has 8 heteroatoms. The first-order valence-corrected chi connectivity index (χ1v) is 10.5. The molecule has 1 N–H and O–H groups in total. The van der Waals surface area contributed by atoms with E-state index in [4.69, 9.17) is 4.74 Å². The van der Waals surface area contributed by atoms with E-state index in [0.29, 0.717) is 17.9 Å². The molecule has 1 aliphatic rings. The van der Waals surface area contributed by atoms with Gasteiger partial charge in [0.2, 0.25) is 0 Å². The minimum Gasteiger partial charge on any atom is -0.490 e. The largest absolute Gasteiger partial charge is 0.490 e. The van der Waals surface area contributed by atoms with Crippen molar-refractivity contribution >= 4 is 29.6 Å². The van der Waals surface area contributed by atoms with Crippen molar-refractivity contribution in [3.63, 3.8) is 0 Å². The van der Waals surface area contributed by atoms with E-state index in [0.717, 1.165) is 34.1 Å². The van der Waals surface area contributed by atoms with Crippen LogP contribution in [0.4, 0.5) is 14.9 Å². The van der Waals surface area contributed by atoms with E-state index in [9.17, 15) is 18.8 Å². The normalized spacial score (nSPS) is 15.0. The molecule has 7 nitrogen and oxygen atoms in total. The van der Waals surface area contributed by atoms with Gasteiger partial charge in [0.1, 0.15) is 23.7 Å². The van der Waals surface area contributed by atoms with Crippen LogP contribution < -0.4 is 15.0 Å². The highest BCUT2D eigenvalue weighted by atomic mass is 19.1. The number of imide groups is 2. The monoisotopic (exact) mass is 459 g/mol. The summed E-state index contributed by atoms with van der Waals surface area (Å²) in [5.74, 6) is -1.37. The lowest BCUT2D eigenvalue weighted by Gasteiger charge is -2.26. The second-order valence-electron chi connectivity index (χ2n) is 7.69. The number of hydrogen-bond acceptors (Lipinski definition) is 4. The molecule has 1 fully saturated rings. The Bertz CT molecular complexity index is 1320. The molecule has 34 heavy (non-hydrogen) atoms. The third kappa shape index (κ3) is 4.25. The maximum Gasteiger partial charge on any atom is 0.335 e. The van der Waals surface area contributed by atoms with Gasteiger partial charge in [-0.1, -0.05) is 12.7 Å². The highest BCUT2D eigenvalue weighted by molar-refractivity contribution is 6.39. The van der Waals surface area contributed by atoms with Crippen molar-refractivity contribution in [2.45, 2.75) is 13.8 Å². The maximum atomic E-state index is 13.3. The Balaban J connectivity index is 1.68. The molecule has 0 unspecified atom stereocenters. The van der Waals surface area contributed by atoms with Gasteiger partial charge in [-0.2, -0.15) is 0 Å². The lowest BCUT2D eigenvalue weighted by atomic mass is 10.1. The molecule has 0 saturated carbocycles. The fraction of sp³-hybridized carbons (Fsp3) is 0.115. The van der Waals surface area contributed by atoms with Crippen LogP contribution in [0.15, 0.2) is 72.8 Å². The van der Waals surface area contributed by atoms with Crippen LogP contribution in [-0.4, -0.2) is 29.0 Å². The van der Waals surface area contributed by atoms with Crippen LogP contribution in [0, 0.1) is 19.7 Å². The Morgan fingerprint density at radius 2 is 1.65 bits per heavy atom. The number of urea groups is 1. The zero-order valence-corrected chi connectivity index (χ0v) is 18.7. The number of rotatable bonds is 6. The number of aromatic nitrogens is 1. The number of benzene rings is 2. The van der Waals surface area contributed by atoms with Crippen molar-refractivity contribution in [2.24, 2.45) is 0 Å². The van der Waals surface area contributed by atoms with Crippen molar-refractivity contribution in [1.29, 1.82) is 0 Å². The van der Waals surface area contributed by atoms with Gasteiger partial charge in [-0.25, -0.2) is 14.1 Å². The summed E-state index contributed by atoms with van der Waals surface area (Å²) in [5, 5.41) is 2.18. The van der Waals surface area contributed by atoms with Crippen LogP contribution >= 0.6 is 0 Å². The predicted molar refractivity (Wildman–Crippen MR) is 126 cm³/mol. The molecule has 1 aromatic heterocycles. The average Bonchev–Trinajstić information content (AvgIpc) is 3.09. The lowest BCUT2D eigenvalue weighted by Crippen LogP contribution is -2.54. The van der Waals surface area contributed by atoms with Crippen LogP contribution in [0.2, 0.25) is 0 Å². The highest BCUT2D eigenvalue weighted by Crippen LogP contribution is 2.27. The second kappa shape index (κ2) is 9.19. The molecule has 4 amide bonds. The van der Waals surface area contributed by atoms with Gasteiger partial charge < -0.3 is 9.30 Å². The molecule has 0 bridgehead atoms. The van der Waals surface area contributed by atoms with Crippen LogP contribution in [0.5, 0.6) is 5.75 Å². The van der Waals surface area contributed by atoms with Crippen molar-refractivity contribution in [3.8, 4) is 11.4 Å². The van der Waals surface area contributed by atoms with Crippen LogP contribution in [0.3, 0.4) is 0 Å². The zero-order valence-electron chi connectivity index (χ0n) is 18.7. The Kier molecular flexibility index (Phi) is 6.14. The molecule has 172 valence electrons. The number of carbonyl (C=O) groups is 3.